The van der Waals surface area contributed by atoms with Crippen LogP contribution in [0.25, 0.3) is 0 Å². The van der Waals surface area contributed by atoms with Crippen LogP contribution in [0.2, 0.25) is 0 Å². The lowest BCUT2D eigenvalue weighted by molar-refractivity contribution is 0.153. The van der Waals surface area contributed by atoms with E-state index in [4.69, 9.17) is 0 Å². The summed E-state index contributed by atoms with van der Waals surface area (Å²) in [6, 6.07) is 6.50. The van der Waals surface area contributed by atoms with Crippen LogP contribution < -0.4 is 5.32 Å². The molecule has 3 saturated carbocycles. The second kappa shape index (κ2) is 13.4. The van der Waals surface area contributed by atoms with Crippen LogP contribution in [0.1, 0.15) is 133 Å². The first-order valence-electron chi connectivity index (χ1n) is 14.9. The van der Waals surface area contributed by atoms with Crippen molar-refractivity contribution in [2.75, 3.05) is 0 Å². The Bertz CT molecular complexity index is 770. The molecule has 4 rings (SSSR count). The van der Waals surface area contributed by atoms with E-state index in [9.17, 15) is 5.11 Å². The molecule has 0 heterocycles. The van der Waals surface area contributed by atoms with Crippen molar-refractivity contribution in [3.05, 3.63) is 47.8 Å². The van der Waals surface area contributed by atoms with Gasteiger partial charge in [-0.2, -0.15) is 0 Å². The topological polar surface area (TPSA) is 32.3 Å². The first kappa shape index (κ1) is 26.9. The van der Waals surface area contributed by atoms with Crippen molar-refractivity contribution < 1.29 is 9.50 Å². The van der Waals surface area contributed by atoms with Gasteiger partial charge in [0.05, 0.1) is 0 Å². The summed E-state index contributed by atoms with van der Waals surface area (Å²) >= 11 is 0. The smallest absolute Gasteiger partial charge is 0.126 e. The highest BCUT2D eigenvalue weighted by Crippen LogP contribution is 2.45. The number of nitrogens with one attached hydrogen (secondary N) is 1. The van der Waals surface area contributed by atoms with Crippen LogP contribution >= 0.6 is 0 Å². The molecule has 1 aromatic rings. The lowest BCUT2D eigenvalue weighted by atomic mass is 9.68. The van der Waals surface area contributed by atoms with Crippen molar-refractivity contribution >= 4 is 0 Å². The molecule has 0 radical (unpaired) electrons. The summed E-state index contributed by atoms with van der Waals surface area (Å²) in [6.07, 6.45) is 21.4. The molecule has 196 valence electrons. The van der Waals surface area contributed by atoms with E-state index < -0.39 is 6.23 Å². The van der Waals surface area contributed by atoms with Gasteiger partial charge in [0.1, 0.15) is 12.0 Å². The lowest BCUT2D eigenvalue weighted by Gasteiger charge is -2.38. The zero-order valence-corrected chi connectivity index (χ0v) is 22.2. The number of benzene rings is 1. The normalized spacial score (nSPS) is 32.8. The largest absolute Gasteiger partial charge is 0.375 e. The van der Waals surface area contributed by atoms with Gasteiger partial charge in [0.25, 0.3) is 0 Å². The minimum absolute atomic E-state index is 0.0286. The van der Waals surface area contributed by atoms with E-state index in [1.807, 2.05) is 6.07 Å². The van der Waals surface area contributed by atoms with Gasteiger partial charge in [0.2, 0.25) is 0 Å². The van der Waals surface area contributed by atoms with Gasteiger partial charge >= 0.3 is 0 Å². The van der Waals surface area contributed by atoms with E-state index in [0.29, 0.717) is 17.9 Å². The van der Waals surface area contributed by atoms with Gasteiger partial charge in [-0.3, -0.25) is 5.32 Å². The molecule has 3 heteroatoms. The summed E-state index contributed by atoms with van der Waals surface area (Å²) in [4.78, 5) is 0. The summed E-state index contributed by atoms with van der Waals surface area (Å²) in [5, 5.41) is 12.9. The average Bonchev–Trinajstić information content (AvgIpc) is 2.90. The molecule has 1 aromatic carbocycles. The maximum atomic E-state index is 15.2. The summed E-state index contributed by atoms with van der Waals surface area (Å²) in [5.74, 6) is 3.68. The molecule has 2 nitrogen and oxygen atoms in total. The highest BCUT2D eigenvalue weighted by Gasteiger charge is 2.32. The Hall–Kier alpha value is -1.19. The van der Waals surface area contributed by atoms with Crippen LogP contribution in [0, 0.1) is 23.6 Å². The zero-order chi connectivity index (χ0) is 24.6. The number of aliphatic hydroxyl groups is 1. The third-order valence-electron chi connectivity index (χ3n) is 9.84. The van der Waals surface area contributed by atoms with Crippen LogP contribution in [-0.4, -0.2) is 17.4 Å². The van der Waals surface area contributed by atoms with Gasteiger partial charge in [0.15, 0.2) is 0 Å². The molecule has 0 saturated heterocycles. The van der Waals surface area contributed by atoms with E-state index in [2.05, 4.69) is 31.0 Å². The third-order valence-corrected chi connectivity index (χ3v) is 9.84. The van der Waals surface area contributed by atoms with Crippen molar-refractivity contribution in [3.8, 4) is 0 Å². The van der Waals surface area contributed by atoms with E-state index in [1.54, 1.807) is 0 Å². The van der Waals surface area contributed by atoms with Crippen LogP contribution in [0.5, 0.6) is 0 Å². The zero-order valence-electron chi connectivity index (χ0n) is 22.2. The number of hydrogen-bond donors (Lipinski definition) is 2. The Morgan fingerprint density at radius 1 is 0.914 bits per heavy atom. The molecule has 3 aliphatic carbocycles. The van der Waals surface area contributed by atoms with E-state index >= 15 is 4.39 Å². The van der Waals surface area contributed by atoms with Crippen LogP contribution in [0.3, 0.4) is 0 Å². The number of aliphatic hydroxyl groups excluding tert-OH is 1. The summed E-state index contributed by atoms with van der Waals surface area (Å²) in [5.41, 5.74) is 2.13. The SMILES string of the molecule is C=CC(O)NC1CCC(c2ccc(C3CCC(C4CCC(CCCCC)CC4)CC3)c(F)c2)CC1. The average molecular weight is 484 g/mol. The predicted octanol–water partition coefficient (Wildman–Crippen LogP) is 8.61. The third kappa shape index (κ3) is 7.41. The molecule has 0 bridgehead atoms. The molecular weight excluding hydrogens is 433 g/mol. The number of rotatable bonds is 10. The highest BCUT2D eigenvalue weighted by molar-refractivity contribution is 5.30. The molecule has 2 N–H and O–H groups in total. The molecule has 0 amide bonds. The second-order valence-electron chi connectivity index (χ2n) is 12.1. The van der Waals surface area contributed by atoms with Crippen molar-refractivity contribution in [1.29, 1.82) is 0 Å². The Morgan fingerprint density at radius 3 is 2.14 bits per heavy atom. The van der Waals surface area contributed by atoms with E-state index in [-0.39, 0.29) is 5.82 Å². The molecule has 3 aliphatic rings. The van der Waals surface area contributed by atoms with Crippen molar-refractivity contribution in [2.24, 2.45) is 17.8 Å². The van der Waals surface area contributed by atoms with Gasteiger partial charge < -0.3 is 5.11 Å². The lowest BCUT2D eigenvalue weighted by Crippen LogP contribution is -2.39. The molecule has 1 unspecified atom stereocenters. The fourth-order valence-corrected chi connectivity index (χ4v) is 7.56. The number of halogens is 1. The number of hydrogen-bond acceptors (Lipinski definition) is 2. The minimum atomic E-state index is -0.631. The Labute approximate surface area is 214 Å². The maximum absolute atomic E-state index is 15.2. The monoisotopic (exact) mass is 483 g/mol. The van der Waals surface area contributed by atoms with Crippen LogP contribution in [0.15, 0.2) is 30.9 Å². The Balaban J connectivity index is 1.22. The molecular formula is C32H50FNO. The fourth-order valence-electron chi connectivity index (χ4n) is 7.56. The maximum Gasteiger partial charge on any atom is 0.126 e. The highest BCUT2D eigenvalue weighted by atomic mass is 19.1. The molecule has 0 aliphatic heterocycles. The van der Waals surface area contributed by atoms with Gasteiger partial charge in [0, 0.05) is 6.04 Å². The van der Waals surface area contributed by atoms with Gasteiger partial charge in [-0.05, 0) is 117 Å². The quantitative estimate of drug-likeness (QED) is 0.198. The Kier molecular flexibility index (Phi) is 10.3. The van der Waals surface area contributed by atoms with Crippen LogP contribution in [0.4, 0.5) is 4.39 Å². The summed E-state index contributed by atoms with van der Waals surface area (Å²) < 4.78 is 15.2. The van der Waals surface area contributed by atoms with Crippen molar-refractivity contribution in [3.63, 3.8) is 0 Å². The Morgan fingerprint density at radius 2 is 1.54 bits per heavy atom. The molecule has 1 atom stereocenters. The van der Waals surface area contributed by atoms with Crippen molar-refractivity contribution in [1.82, 2.24) is 5.32 Å². The second-order valence-corrected chi connectivity index (χ2v) is 12.1. The summed E-state index contributed by atoms with van der Waals surface area (Å²) in [7, 11) is 0. The van der Waals surface area contributed by atoms with Crippen LogP contribution in [-0.2, 0) is 0 Å². The summed E-state index contributed by atoms with van der Waals surface area (Å²) in [6.45, 7) is 5.93. The molecule has 35 heavy (non-hydrogen) atoms. The predicted molar refractivity (Wildman–Crippen MR) is 145 cm³/mol. The number of unbranched alkanes of at least 4 members (excludes halogenated alkanes) is 2. The minimum Gasteiger partial charge on any atom is -0.375 e. The first-order valence-corrected chi connectivity index (χ1v) is 14.9. The molecule has 3 fully saturated rings. The van der Waals surface area contributed by atoms with Gasteiger partial charge in [-0.1, -0.05) is 64.2 Å². The molecule has 0 aromatic heterocycles. The first-order chi connectivity index (χ1) is 17.1. The van der Waals surface area contributed by atoms with Gasteiger partial charge in [-0.25, -0.2) is 4.39 Å². The van der Waals surface area contributed by atoms with Gasteiger partial charge in [-0.15, -0.1) is 0 Å². The van der Waals surface area contributed by atoms with E-state index in [0.717, 1.165) is 49.0 Å². The van der Waals surface area contributed by atoms with E-state index in [1.165, 1.54) is 88.7 Å². The standard InChI is InChI=1S/C32H50FNO/c1-3-5-6-7-23-8-10-24(11-9-23)25-12-14-27(15-13-25)30-21-18-28(22-31(30)33)26-16-19-29(20-17-26)34-32(35)4-2/h4,18,21-27,29,32,34-35H,2-3,5-17,19-20H2,1H3. The molecule has 0 spiro atoms. The van der Waals surface area contributed by atoms with Crippen molar-refractivity contribution in [2.45, 2.75) is 134 Å². The fraction of sp³-hybridized carbons (Fsp3) is 0.750.